The van der Waals surface area contributed by atoms with Gasteiger partial charge in [0.05, 0.1) is 0 Å². The number of hydrogen-bond acceptors (Lipinski definition) is 4. The normalized spacial score (nSPS) is 11.4. The van der Waals surface area contributed by atoms with Crippen molar-refractivity contribution in [3.05, 3.63) is 45.7 Å². The molecular weight excluding hydrogens is 369 g/mol. The Labute approximate surface area is 118 Å². The van der Waals surface area contributed by atoms with Gasteiger partial charge in [-0.1, -0.05) is 6.07 Å². The van der Waals surface area contributed by atoms with Crippen LogP contribution in [0, 0.1) is 3.57 Å². The first-order valence-electron chi connectivity index (χ1n) is 4.99. The lowest BCUT2D eigenvalue weighted by molar-refractivity contribution is 0.236. The molecule has 1 aromatic carbocycles. The third kappa shape index (κ3) is 3.03. The fraction of sp³-hybridized carbons (Fsp3) is 0.0909. The number of hydrogen-bond donors (Lipinski definition) is 2. The van der Waals surface area contributed by atoms with Gasteiger partial charge in [0.2, 0.25) is 5.09 Å². The fourth-order valence-electron chi connectivity index (χ4n) is 1.35. The van der Waals surface area contributed by atoms with Crippen LogP contribution in [-0.2, 0) is 16.6 Å². The molecule has 0 atom stereocenters. The van der Waals surface area contributed by atoms with Crippen molar-refractivity contribution >= 4 is 38.3 Å². The molecule has 5 nitrogen and oxygen atoms in total. The van der Waals surface area contributed by atoms with Crippen molar-refractivity contribution in [2.75, 3.05) is 4.72 Å². The lowest BCUT2D eigenvalue weighted by Crippen LogP contribution is -2.12. The van der Waals surface area contributed by atoms with Crippen LogP contribution in [0.3, 0.4) is 0 Å². The number of benzene rings is 1. The van der Waals surface area contributed by atoms with Crippen molar-refractivity contribution < 1.29 is 17.9 Å². The van der Waals surface area contributed by atoms with Crippen molar-refractivity contribution in [2.24, 2.45) is 0 Å². The molecule has 2 aromatic rings. The molecule has 0 bridgehead atoms. The van der Waals surface area contributed by atoms with Gasteiger partial charge in [0.1, 0.15) is 12.4 Å². The molecule has 96 valence electrons. The van der Waals surface area contributed by atoms with Gasteiger partial charge in [-0.05, 0) is 52.9 Å². The third-order valence-corrected chi connectivity index (χ3v) is 4.06. The van der Waals surface area contributed by atoms with Crippen LogP contribution in [0.5, 0.6) is 0 Å². The van der Waals surface area contributed by atoms with Gasteiger partial charge in [-0.3, -0.25) is 4.72 Å². The zero-order valence-corrected chi connectivity index (χ0v) is 12.1. The minimum absolute atomic E-state index is 0.206. The van der Waals surface area contributed by atoms with Gasteiger partial charge in [-0.25, -0.2) is 0 Å². The SMILES string of the molecule is O=S(=O)(Nc1cccc(I)c1)c1ccc(CO)o1. The fourth-order valence-corrected chi connectivity index (χ4v) is 2.89. The number of aliphatic hydroxyl groups is 1. The van der Waals surface area contributed by atoms with Crippen molar-refractivity contribution in [3.8, 4) is 0 Å². The van der Waals surface area contributed by atoms with E-state index in [0.29, 0.717) is 5.69 Å². The number of anilines is 1. The molecule has 1 aromatic heterocycles. The first-order valence-corrected chi connectivity index (χ1v) is 7.55. The third-order valence-electron chi connectivity index (χ3n) is 2.13. The molecule has 1 heterocycles. The molecule has 0 aliphatic heterocycles. The van der Waals surface area contributed by atoms with Crippen LogP contribution in [0.15, 0.2) is 45.9 Å². The summed E-state index contributed by atoms with van der Waals surface area (Å²) in [4.78, 5) is 0. The Kier molecular flexibility index (Phi) is 3.93. The van der Waals surface area contributed by atoms with E-state index >= 15 is 0 Å². The lowest BCUT2D eigenvalue weighted by Gasteiger charge is -2.05. The van der Waals surface area contributed by atoms with Crippen molar-refractivity contribution in [1.29, 1.82) is 0 Å². The quantitative estimate of drug-likeness (QED) is 0.799. The Morgan fingerprint density at radius 2 is 2.06 bits per heavy atom. The summed E-state index contributed by atoms with van der Waals surface area (Å²) in [6, 6.07) is 9.69. The van der Waals surface area contributed by atoms with Gasteiger partial charge < -0.3 is 9.52 Å². The molecule has 0 radical (unpaired) electrons. The van der Waals surface area contributed by atoms with Gasteiger partial charge in [0.15, 0.2) is 0 Å². The van der Waals surface area contributed by atoms with Crippen LogP contribution < -0.4 is 4.72 Å². The smallest absolute Gasteiger partial charge is 0.295 e. The minimum Gasteiger partial charge on any atom is -0.445 e. The van der Waals surface area contributed by atoms with Gasteiger partial charge in [-0.15, -0.1) is 0 Å². The molecule has 0 saturated carbocycles. The summed E-state index contributed by atoms with van der Waals surface area (Å²) >= 11 is 2.09. The molecule has 18 heavy (non-hydrogen) atoms. The van der Waals surface area contributed by atoms with Crippen molar-refractivity contribution in [2.45, 2.75) is 11.7 Å². The summed E-state index contributed by atoms with van der Waals surface area (Å²) < 4.78 is 32.2. The summed E-state index contributed by atoms with van der Waals surface area (Å²) in [6.07, 6.45) is 0. The van der Waals surface area contributed by atoms with E-state index in [9.17, 15) is 8.42 Å². The second-order valence-corrected chi connectivity index (χ2v) is 6.35. The maximum Gasteiger partial charge on any atom is 0.295 e. The minimum atomic E-state index is -3.75. The van der Waals surface area contributed by atoms with E-state index in [1.807, 2.05) is 6.07 Å². The Balaban J connectivity index is 2.27. The Morgan fingerprint density at radius 3 is 2.67 bits per heavy atom. The number of halogens is 1. The van der Waals surface area contributed by atoms with E-state index < -0.39 is 10.0 Å². The molecule has 2 N–H and O–H groups in total. The second kappa shape index (κ2) is 5.29. The molecule has 0 aliphatic carbocycles. The molecule has 0 amide bonds. The molecule has 0 spiro atoms. The van der Waals surface area contributed by atoms with E-state index in [4.69, 9.17) is 9.52 Å². The topological polar surface area (TPSA) is 79.5 Å². The van der Waals surface area contributed by atoms with Crippen molar-refractivity contribution in [1.82, 2.24) is 0 Å². The van der Waals surface area contributed by atoms with E-state index in [0.717, 1.165) is 3.57 Å². The monoisotopic (exact) mass is 379 g/mol. The highest BCUT2D eigenvalue weighted by molar-refractivity contribution is 14.1. The summed E-state index contributed by atoms with van der Waals surface area (Å²) in [5.74, 6) is 0.206. The highest BCUT2D eigenvalue weighted by atomic mass is 127. The van der Waals surface area contributed by atoms with Gasteiger partial charge in [-0.2, -0.15) is 8.42 Å². The van der Waals surface area contributed by atoms with Gasteiger partial charge in [0.25, 0.3) is 10.0 Å². The van der Waals surface area contributed by atoms with Crippen LogP contribution in [-0.4, -0.2) is 13.5 Å². The lowest BCUT2D eigenvalue weighted by atomic mass is 10.3. The average molecular weight is 379 g/mol. The number of nitrogens with one attached hydrogen (secondary N) is 1. The first-order chi connectivity index (χ1) is 8.51. The molecule has 0 unspecified atom stereocenters. The van der Waals surface area contributed by atoms with E-state index in [1.54, 1.807) is 18.2 Å². The summed E-state index contributed by atoms with van der Waals surface area (Å²) in [6.45, 7) is -0.335. The molecule has 0 fully saturated rings. The van der Waals surface area contributed by atoms with E-state index in [-0.39, 0.29) is 17.5 Å². The van der Waals surface area contributed by atoms with E-state index in [2.05, 4.69) is 27.3 Å². The molecule has 2 rings (SSSR count). The van der Waals surface area contributed by atoms with Crippen LogP contribution in [0.25, 0.3) is 0 Å². The largest absolute Gasteiger partial charge is 0.445 e. The predicted octanol–water partition coefficient (Wildman–Crippen LogP) is 2.18. The average Bonchev–Trinajstić information content (AvgIpc) is 2.77. The predicted molar refractivity (Wildman–Crippen MR) is 74.6 cm³/mol. The standard InChI is InChI=1S/C11H10INO4S/c12-8-2-1-3-9(6-8)13-18(15,16)11-5-4-10(7-14)17-11/h1-6,13-14H,7H2. The molecule has 7 heteroatoms. The number of aliphatic hydroxyl groups excluding tert-OH is 1. The Morgan fingerprint density at radius 1 is 1.28 bits per heavy atom. The van der Waals surface area contributed by atoms with Crippen LogP contribution >= 0.6 is 22.6 Å². The summed E-state index contributed by atoms with van der Waals surface area (Å²) in [7, 11) is -3.75. The molecule has 0 aliphatic rings. The number of furan rings is 1. The Hall–Kier alpha value is -1.06. The van der Waals surface area contributed by atoms with Crippen LogP contribution in [0.1, 0.15) is 5.76 Å². The van der Waals surface area contributed by atoms with E-state index in [1.165, 1.54) is 12.1 Å². The van der Waals surface area contributed by atoms with Crippen molar-refractivity contribution in [3.63, 3.8) is 0 Å². The number of rotatable bonds is 4. The maximum absolute atomic E-state index is 12.0. The summed E-state index contributed by atoms with van der Waals surface area (Å²) in [5.41, 5.74) is 0.462. The maximum atomic E-state index is 12.0. The summed E-state index contributed by atoms with van der Waals surface area (Å²) in [5, 5.41) is 8.62. The van der Waals surface area contributed by atoms with Gasteiger partial charge in [0, 0.05) is 9.26 Å². The Bertz CT molecular complexity index is 651. The molecular formula is C11H10INO4S. The van der Waals surface area contributed by atoms with Crippen LogP contribution in [0.4, 0.5) is 5.69 Å². The zero-order valence-electron chi connectivity index (χ0n) is 9.13. The second-order valence-electron chi connectivity index (χ2n) is 3.49. The van der Waals surface area contributed by atoms with Gasteiger partial charge >= 0.3 is 0 Å². The number of sulfonamides is 1. The highest BCUT2D eigenvalue weighted by Crippen LogP contribution is 2.19. The zero-order chi connectivity index (χ0) is 13.2. The van der Waals surface area contributed by atoms with Crippen LogP contribution in [0.2, 0.25) is 0 Å². The highest BCUT2D eigenvalue weighted by Gasteiger charge is 2.18. The first kappa shape index (κ1) is 13.4. The molecule has 0 saturated heterocycles.